The Morgan fingerprint density at radius 2 is 1.89 bits per heavy atom. The van der Waals surface area contributed by atoms with Crippen LogP contribution >= 0.6 is 11.8 Å². The van der Waals surface area contributed by atoms with E-state index in [0.717, 1.165) is 16.1 Å². The van der Waals surface area contributed by atoms with E-state index in [0.29, 0.717) is 18.2 Å². The number of hydrogen-bond acceptors (Lipinski definition) is 4. The third-order valence-electron chi connectivity index (χ3n) is 2.57. The number of sulfonamides is 1. The van der Waals surface area contributed by atoms with Gasteiger partial charge in [-0.2, -0.15) is 4.31 Å². The zero-order valence-electron chi connectivity index (χ0n) is 9.42. The van der Waals surface area contributed by atoms with Crippen LogP contribution in [0.1, 0.15) is 0 Å². The normalized spacial score (nSPS) is 20.6. The fourth-order valence-electron chi connectivity index (χ4n) is 1.67. The summed E-state index contributed by atoms with van der Waals surface area (Å²) in [7, 11) is -4.23. The quantitative estimate of drug-likeness (QED) is 0.905. The largest absolute Gasteiger partial charge is 0.480 e. The number of carboxylic acids is 1. The molecule has 104 valence electrons. The van der Waals surface area contributed by atoms with Crippen LogP contribution in [-0.2, 0) is 14.8 Å². The van der Waals surface area contributed by atoms with Gasteiger partial charge in [-0.25, -0.2) is 17.2 Å². The molecule has 1 aliphatic heterocycles. The van der Waals surface area contributed by atoms with E-state index in [9.17, 15) is 22.0 Å². The van der Waals surface area contributed by atoms with Crippen molar-refractivity contribution in [3.63, 3.8) is 0 Å². The van der Waals surface area contributed by atoms with Crippen LogP contribution < -0.4 is 0 Å². The molecule has 1 heterocycles. The highest BCUT2D eigenvalue weighted by atomic mass is 32.2. The molecule has 1 saturated heterocycles. The molecule has 2 rings (SSSR count). The van der Waals surface area contributed by atoms with Crippen molar-refractivity contribution in [3.8, 4) is 0 Å². The van der Waals surface area contributed by atoms with Gasteiger partial charge in [-0.1, -0.05) is 0 Å². The highest BCUT2D eigenvalue weighted by Crippen LogP contribution is 2.29. The molecule has 5 nitrogen and oxygen atoms in total. The van der Waals surface area contributed by atoms with E-state index in [1.807, 2.05) is 0 Å². The molecule has 0 aromatic heterocycles. The van der Waals surface area contributed by atoms with Gasteiger partial charge in [-0.05, 0) is 12.1 Å². The van der Waals surface area contributed by atoms with Crippen LogP contribution in [-0.4, -0.2) is 41.5 Å². The average Bonchev–Trinajstić information content (AvgIpc) is 2.76. The molecule has 1 N–H and O–H groups in total. The van der Waals surface area contributed by atoms with Crippen LogP contribution in [0.25, 0.3) is 0 Å². The van der Waals surface area contributed by atoms with Gasteiger partial charge in [0.05, 0.1) is 10.8 Å². The molecule has 9 heteroatoms. The second kappa shape index (κ2) is 5.06. The first-order chi connectivity index (χ1) is 8.82. The van der Waals surface area contributed by atoms with Gasteiger partial charge in [0.15, 0.2) is 0 Å². The van der Waals surface area contributed by atoms with Crippen molar-refractivity contribution in [3.05, 3.63) is 29.8 Å². The summed E-state index contributed by atoms with van der Waals surface area (Å²) in [5.41, 5.74) is 0. The molecule has 0 radical (unpaired) electrons. The number of benzene rings is 1. The number of carboxylic acid groups (broad SMARTS) is 1. The van der Waals surface area contributed by atoms with Crippen LogP contribution in [0.3, 0.4) is 0 Å². The summed E-state index contributed by atoms with van der Waals surface area (Å²) in [6.45, 7) is 0. The van der Waals surface area contributed by atoms with Crippen molar-refractivity contribution in [1.82, 2.24) is 4.31 Å². The Hall–Kier alpha value is -1.19. The average molecular weight is 309 g/mol. The number of rotatable bonds is 3. The third kappa shape index (κ3) is 2.72. The van der Waals surface area contributed by atoms with E-state index in [1.54, 1.807) is 0 Å². The molecule has 0 amide bonds. The number of carbonyl (C=O) groups is 1. The standard InChI is InChI=1S/C10H9F2NO4S2/c11-6-1-7(12)3-8(2-6)19(16,17)13-5-18-4-9(13)10(14)15/h1-3,9H,4-5H2,(H,14,15)/t9-/m0/s1. The third-order valence-corrected chi connectivity index (χ3v) is 5.58. The van der Waals surface area contributed by atoms with Crippen molar-refractivity contribution in [2.45, 2.75) is 10.9 Å². The predicted octanol–water partition coefficient (Wildman–Crippen LogP) is 1.11. The van der Waals surface area contributed by atoms with Crippen molar-refractivity contribution in [2.75, 3.05) is 11.6 Å². The zero-order chi connectivity index (χ0) is 14.2. The van der Waals surface area contributed by atoms with Crippen LogP contribution in [0.5, 0.6) is 0 Å². The Kier molecular flexibility index (Phi) is 3.79. The van der Waals surface area contributed by atoms with Gasteiger partial charge < -0.3 is 5.11 Å². The summed E-state index contributed by atoms with van der Waals surface area (Å²) >= 11 is 1.13. The maximum absolute atomic E-state index is 13.1. The van der Waals surface area contributed by atoms with Crippen LogP contribution in [0.15, 0.2) is 23.1 Å². The molecule has 0 spiro atoms. The fraction of sp³-hybridized carbons (Fsp3) is 0.300. The minimum Gasteiger partial charge on any atom is -0.480 e. The Bertz CT molecular complexity index is 600. The first-order valence-electron chi connectivity index (χ1n) is 5.11. The van der Waals surface area contributed by atoms with Crippen molar-refractivity contribution in [2.24, 2.45) is 0 Å². The molecule has 0 aliphatic carbocycles. The summed E-state index contributed by atoms with van der Waals surface area (Å²) in [5.74, 6) is -3.30. The lowest BCUT2D eigenvalue weighted by Gasteiger charge is -2.20. The van der Waals surface area contributed by atoms with Gasteiger partial charge in [-0.15, -0.1) is 11.8 Å². The minimum atomic E-state index is -4.23. The van der Waals surface area contributed by atoms with Crippen molar-refractivity contribution >= 4 is 27.8 Å². The lowest BCUT2D eigenvalue weighted by molar-refractivity contribution is -0.140. The number of hydrogen-bond donors (Lipinski definition) is 1. The number of aliphatic carboxylic acids is 1. The lowest BCUT2D eigenvalue weighted by Crippen LogP contribution is -2.41. The van der Waals surface area contributed by atoms with E-state index < -0.39 is 38.6 Å². The van der Waals surface area contributed by atoms with E-state index in [1.165, 1.54) is 0 Å². The number of nitrogens with zero attached hydrogens (tertiary/aromatic N) is 1. The fourth-order valence-corrected chi connectivity index (χ4v) is 4.85. The number of halogens is 2. The first-order valence-corrected chi connectivity index (χ1v) is 7.70. The summed E-state index contributed by atoms with van der Waals surface area (Å²) < 4.78 is 51.2. The zero-order valence-corrected chi connectivity index (χ0v) is 11.0. The molecule has 0 bridgehead atoms. The first kappa shape index (κ1) is 14.2. The number of thioether (sulfide) groups is 1. The summed E-state index contributed by atoms with van der Waals surface area (Å²) in [6.07, 6.45) is 0. The van der Waals surface area contributed by atoms with Crippen LogP contribution in [0.2, 0.25) is 0 Å². The van der Waals surface area contributed by atoms with Crippen LogP contribution in [0.4, 0.5) is 8.78 Å². The molecule has 0 unspecified atom stereocenters. The summed E-state index contributed by atoms with van der Waals surface area (Å²) in [6, 6.07) is 0.661. The highest BCUT2D eigenvalue weighted by Gasteiger charge is 2.40. The topological polar surface area (TPSA) is 74.7 Å². The Morgan fingerprint density at radius 3 is 2.42 bits per heavy atom. The van der Waals surface area contributed by atoms with Gasteiger partial charge in [-0.3, -0.25) is 4.79 Å². The molecular formula is C10H9F2NO4S2. The Labute approximate surface area is 112 Å². The molecule has 0 saturated carbocycles. The molecule has 1 aromatic rings. The smallest absolute Gasteiger partial charge is 0.322 e. The van der Waals surface area contributed by atoms with E-state index in [4.69, 9.17) is 5.11 Å². The minimum absolute atomic E-state index is 0.0581. The van der Waals surface area contributed by atoms with Gasteiger partial charge in [0.2, 0.25) is 10.0 Å². The van der Waals surface area contributed by atoms with Gasteiger partial charge >= 0.3 is 5.97 Å². The van der Waals surface area contributed by atoms with Gasteiger partial charge in [0.25, 0.3) is 0 Å². The second-order valence-corrected chi connectivity index (χ2v) is 6.74. The molecule has 1 atom stereocenters. The van der Waals surface area contributed by atoms with E-state index in [2.05, 4.69) is 0 Å². The maximum atomic E-state index is 13.1. The molecular weight excluding hydrogens is 300 g/mol. The van der Waals surface area contributed by atoms with E-state index >= 15 is 0 Å². The van der Waals surface area contributed by atoms with Gasteiger partial charge in [0, 0.05) is 11.8 Å². The maximum Gasteiger partial charge on any atom is 0.322 e. The van der Waals surface area contributed by atoms with Crippen LogP contribution in [0, 0.1) is 11.6 Å². The van der Waals surface area contributed by atoms with Crippen molar-refractivity contribution in [1.29, 1.82) is 0 Å². The highest BCUT2D eigenvalue weighted by molar-refractivity contribution is 8.00. The predicted molar refractivity (Wildman–Crippen MR) is 64.1 cm³/mol. The van der Waals surface area contributed by atoms with E-state index in [-0.39, 0.29) is 11.6 Å². The Balaban J connectivity index is 2.44. The molecule has 1 fully saturated rings. The SMILES string of the molecule is O=C(O)[C@@H]1CSCN1S(=O)(=O)c1cc(F)cc(F)c1. The van der Waals surface area contributed by atoms with Gasteiger partial charge in [0.1, 0.15) is 17.7 Å². The Morgan fingerprint density at radius 1 is 1.32 bits per heavy atom. The summed E-state index contributed by atoms with van der Waals surface area (Å²) in [5, 5.41) is 8.94. The summed E-state index contributed by atoms with van der Waals surface area (Å²) in [4.78, 5) is 10.4. The lowest BCUT2D eigenvalue weighted by atomic mass is 10.3. The monoisotopic (exact) mass is 309 g/mol. The molecule has 19 heavy (non-hydrogen) atoms. The van der Waals surface area contributed by atoms with Crippen molar-refractivity contribution < 1.29 is 27.1 Å². The molecule has 1 aliphatic rings. The molecule has 1 aromatic carbocycles. The second-order valence-electron chi connectivity index (χ2n) is 3.85.